The van der Waals surface area contributed by atoms with Gasteiger partial charge in [0.2, 0.25) is 5.82 Å². The predicted octanol–water partition coefficient (Wildman–Crippen LogP) is 5.42. The number of aryl methyl sites for hydroxylation is 3. The Morgan fingerprint density at radius 1 is 1.16 bits per heavy atom. The molecular formula is C30H30FN5O2. The number of halogens is 1. The number of ether oxygens (including phenoxy) is 1. The Labute approximate surface area is 221 Å². The van der Waals surface area contributed by atoms with Gasteiger partial charge in [-0.3, -0.25) is 4.98 Å². The zero-order valence-corrected chi connectivity index (χ0v) is 22.1. The molecule has 2 atom stereocenters. The van der Waals surface area contributed by atoms with Crippen LogP contribution in [-0.2, 0) is 24.7 Å². The van der Waals surface area contributed by atoms with Crippen molar-refractivity contribution in [2.45, 2.75) is 58.3 Å². The van der Waals surface area contributed by atoms with Crippen molar-refractivity contribution in [2.75, 3.05) is 6.61 Å². The minimum Gasteiger partial charge on any atom is -0.491 e. The van der Waals surface area contributed by atoms with Gasteiger partial charge in [0, 0.05) is 24.1 Å². The number of benzene rings is 2. The van der Waals surface area contributed by atoms with E-state index >= 15 is 4.39 Å². The maximum Gasteiger partial charge on any atom is 0.204 e. The number of rotatable bonds is 6. The molecule has 0 amide bonds. The zero-order chi connectivity index (χ0) is 26.6. The first-order chi connectivity index (χ1) is 18.3. The summed E-state index contributed by atoms with van der Waals surface area (Å²) < 4.78 is 21.2. The molecule has 0 fully saturated rings. The summed E-state index contributed by atoms with van der Waals surface area (Å²) in [7, 11) is 1.75. The van der Waals surface area contributed by atoms with Crippen LogP contribution in [0.25, 0.3) is 22.5 Å². The van der Waals surface area contributed by atoms with Gasteiger partial charge in [0.05, 0.1) is 19.3 Å². The highest BCUT2D eigenvalue weighted by molar-refractivity contribution is 5.79. The van der Waals surface area contributed by atoms with Crippen molar-refractivity contribution in [3.8, 4) is 28.3 Å². The minimum absolute atomic E-state index is 0.0198. The van der Waals surface area contributed by atoms with Crippen LogP contribution in [0, 0.1) is 19.7 Å². The lowest BCUT2D eigenvalue weighted by Crippen LogP contribution is -2.06. The molecule has 0 saturated carbocycles. The second kappa shape index (κ2) is 9.42. The highest BCUT2D eigenvalue weighted by Crippen LogP contribution is 2.44. The standard InChI is InChI=1S/C30H30FN5O2/c1-16-9-21(30-33-35-36(4)34-30)10-17(2)27(16)23-7-8-25(31)28-20(5-6-24(23)28)12-19-13-26-29(32-14-19)22(15-38-26)11-18(3)37/h7-10,13-14,20,22H,5-6,11-12,15H2,1-4H3/t20-,22+/m0/s1. The van der Waals surface area contributed by atoms with E-state index < -0.39 is 0 Å². The summed E-state index contributed by atoms with van der Waals surface area (Å²) >= 11 is 0. The second-order valence-corrected chi connectivity index (χ2v) is 10.7. The molecule has 0 unspecified atom stereocenters. The van der Waals surface area contributed by atoms with Crippen LogP contribution < -0.4 is 4.74 Å². The molecular weight excluding hydrogens is 481 g/mol. The molecule has 1 aliphatic carbocycles. The van der Waals surface area contributed by atoms with Crippen LogP contribution >= 0.6 is 0 Å². The molecule has 3 heterocycles. The van der Waals surface area contributed by atoms with Crippen LogP contribution in [0.5, 0.6) is 5.75 Å². The number of hydrogen-bond donors (Lipinski definition) is 0. The van der Waals surface area contributed by atoms with Gasteiger partial charge in [0.25, 0.3) is 0 Å². The number of Topliss-reactive ketones (excluding diaryl/α,β-unsaturated/α-hetero) is 1. The van der Waals surface area contributed by atoms with Crippen molar-refractivity contribution >= 4 is 5.78 Å². The maximum absolute atomic E-state index is 15.3. The van der Waals surface area contributed by atoms with Crippen molar-refractivity contribution in [1.29, 1.82) is 0 Å². The number of tetrazole rings is 1. The van der Waals surface area contributed by atoms with Crippen molar-refractivity contribution < 1.29 is 13.9 Å². The van der Waals surface area contributed by atoms with Gasteiger partial charge >= 0.3 is 0 Å². The van der Waals surface area contributed by atoms with E-state index in [0.29, 0.717) is 25.3 Å². The summed E-state index contributed by atoms with van der Waals surface area (Å²) in [6.45, 7) is 6.25. The molecule has 0 spiro atoms. The highest BCUT2D eigenvalue weighted by Gasteiger charge is 2.31. The number of hydrogen-bond acceptors (Lipinski definition) is 6. The second-order valence-electron chi connectivity index (χ2n) is 10.7. The average molecular weight is 512 g/mol. The first-order valence-corrected chi connectivity index (χ1v) is 13.1. The highest BCUT2D eigenvalue weighted by atomic mass is 19.1. The smallest absolute Gasteiger partial charge is 0.204 e. The lowest BCUT2D eigenvalue weighted by Gasteiger charge is -2.18. The third-order valence-corrected chi connectivity index (χ3v) is 7.80. The minimum atomic E-state index is -0.145. The normalized spacial score (nSPS) is 17.8. The topological polar surface area (TPSA) is 82.8 Å². The fraction of sp³-hybridized carbons (Fsp3) is 0.367. The first-order valence-electron chi connectivity index (χ1n) is 13.1. The number of carbonyl (C=O) groups is 1. The molecule has 38 heavy (non-hydrogen) atoms. The summed E-state index contributed by atoms with van der Waals surface area (Å²) in [4.78, 5) is 17.7. The number of fused-ring (bicyclic) bond motifs is 2. The molecule has 0 saturated heterocycles. The van der Waals surface area contributed by atoms with Crippen LogP contribution in [0.15, 0.2) is 36.5 Å². The van der Waals surface area contributed by atoms with E-state index in [1.807, 2.05) is 18.3 Å². The van der Waals surface area contributed by atoms with Gasteiger partial charge in [-0.2, -0.15) is 4.80 Å². The molecule has 0 radical (unpaired) electrons. The summed E-state index contributed by atoms with van der Waals surface area (Å²) in [5.74, 6) is 1.43. The molecule has 6 rings (SSSR count). The van der Waals surface area contributed by atoms with Crippen molar-refractivity contribution in [3.05, 3.63) is 75.9 Å². The van der Waals surface area contributed by atoms with Crippen LogP contribution in [0.3, 0.4) is 0 Å². The number of ketones is 1. The third kappa shape index (κ3) is 4.27. The van der Waals surface area contributed by atoms with Crippen LogP contribution in [0.1, 0.15) is 65.1 Å². The van der Waals surface area contributed by atoms with Crippen LogP contribution in [0.2, 0.25) is 0 Å². The van der Waals surface area contributed by atoms with E-state index in [1.165, 1.54) is 4.80 Å². The Morgan fingerprint density at radius 3 is 2.66 bits per heavy atom. The Balaban J connectivity index is 1.31. The van der Waals surface area contributed by atoms with E-state index in [2.05, 4.69) is 46.4 Å². The number of pyridine rings is 1. The Bertz CT molecular complexity index is 1550. The molecule has 0 N–H and O–H groups in total. The van der Waals surface area contributed by atoms with Gasteiger partial charge in [-0.25, -0.2) is 4.39 Å². The largest absolute Gasteiger partial charge is 0.491 e. The average Bonchev–Trinajstić information content (AvgIpc) is 3.59. The number of nitrogens with zero attached hydrogens (tertiary/aromatic N) is 5. The van der Waals surface area contributed by atoms with Gasteiger partial charge in [-0.15, -0.1) is 10.2 Å². The van der Waals surface area contributed by atoms with Crippen LogP contribution in [0.4, 0.5) is 4.39 Å². The quantitative estimate of drug-likeness (QED) is 0.344. The van der Waals surface area contributed by atoms with E-state index in [1.54, 1.807) is 20.0 Å². The molecule has 2 aromatic carbocycles. The van der Waals surface area contributed by atoms with Crippen molar-refractivity contribution in [2.24, 2.45) is 7.05 Å². The molecule has 2 aromatic heterocycles. The third-order valence-electron chi connectivity index (χ3n) is 7.80. The van der Waals surface area contributed by atoms with Gasteiger partial charge in [0.15, 0.2) is 0 Å². The van der Waals surface area contributed by atoms with E-state index in [0.717, 1.165) is 68.8 Å². The summed E-state index contributed by atoms with van der Waals surface area (Å²) in [6, 6.07) is 9.72. The Kier molecular flexibility index (Phi) is 6.05. The first kappa shape index (κ1) is 24.4. The number of aromatic nitrogens is 5. The fourth-order valence-corrected chi connectivity index (χ4v) is 6.25. The summed E-state index contributed by atoms with van der Waals surface area (Å²) in [5, 5.41) is 12.4. The molecule has 0 bridgehead atoms. The number of carbonyl (C=O) groups excluding carboxylic acids is 1. The van der Waals surface area contributed by atoms with Gasteiger partial charge in [-0.1, -0.05) is 6.07 Å². The van der Waals surface area contributed by atoms with E-state index in [-0.39, 0.29) is 23.4 Å². The van der Waals surface area contributed by atoms with E-state index in [4.69, 9.17) is 4.74 Å². The molecule has 7 nitrogen and oxygen atoms in total. The lowest BCUT2D eigenvalue weighted by molar-refractivity contribution is -0.117. The van der Waals surface area contributed by atoms with Crippen molar-refractivity contribution in [1.82, 2.24) is 25.2 Å². The summed E-state index contributed by atoms with van der Waals surface area (Å²) in [5.41, 5.74) is 9.16. The lowest BCUT2D eigenvalue weighted by atomic mass is 9.87. The molecule has 4 aromatic rings. The molecule has 8 heteroatoms. The SMILES string of the molecule is CC(=O)C[C@@H]1COc2cc(C[C@@H]3CCc4c(-c5c(C)cc(-c6nnn(C)n6)cc5C)ccc(F)c43)cnc21. The Morgan fingerprint density at radius 2 is 1.95 bits per heavy atom. The van der Waals surface area contributed by atoms with E-state index in [9.17, 15) is 4.79 Å². The van der Waals surface area contributed by atoms with Gasteiger partial charge < -0.3 is 9.53 Å². The Hall–Kier alpha value is -3.94. The predicted molar refractivity (Wildman–Crippen MR) is 142 cm³/mol. The fourth-order valence-electron chi connectivity index (χ4n) is 6.25. The monoisotopic (exact) mass is 511 g/mol. The van der Waals surface area contributed by atoms with Crippen molar-refractivity contribution in [3.63, 3.8) is 0 Å². The van der Waals surface area contributed by atoms with Crippen LogP contribution in [-0.4, -0.2) is 37.6 Å². The molecule has 1 aliphatic heterocycles. The van der Waals surface area contributed by atoms with Gasteiger partial charge in [0.1, 0.15) is 17.3 Å². The maximum atomic E-state index is 15.3. The zero-order valence-electron chi connectivity index (χ0n) is 22.1. The van der Waals surface area contributed by atoms with Gasteiger partial charge in [-0.05, 0) is 114 Å². The summed E-state index contributed by atoms with van der Waals surface area (Å²) in [6.07, 6.45) is 4.72. The molecule has 194 valence electrons. The molecule has 2 aliphatic rings.